The molecule has 1 aromatic heterocycles. The van der Waals surface area contributed by atoms with E-state index in [1.807, 2.05) is 9.44 Å². The number of sulfonamides is 2. The van der Waals surface area contributed by atoms with Crippen LogP contribution in [0.25, 0.3) is 22.4 Å². The van der Waals surface area contributed by atoms with Gasteiger partial charge in [0.2, 0.25) is 11.8 Å². The Labute approximate surface area is 197 Å². The fourth-order valence-electron chi connectivity index (χ4n) is 3.08. The van der Waals surface area contributed by atoms with Gasteiger partial charge in [0.1, 0.15) is 11.5 Å². The monoisotopic (exact) mass is 505 g/mol. The van der Waals surface area contributed by atoms with E-state index in [2.05, 4.69) is 5.16 Å². The lowest BCUT2D eigenvalue weighted by Gasteiger charge is -2.09. The third-order valence-electron chi connectivity index (χ3n) is 4.87. The van der Waals surface area contributed by atoms with Gasteiger partial charge in [-0.05, 0) is 36.8 Å². The zero-order chi connectivity index (χ0) is 25.1. The third kappa shape index (κ3) is 5.34. The molecule has 2 aromatic carbocycles. The summed E-state index contributed by atoms with van der Waals surface area (Å²) in [5.41, 5.74) is 1.87. The number of aryl methyl sites for hydroxylation is 1. The predicted octanol–water partition coefficient (Wildman–Crippen LogP) is 2.75. The molecule has 0 fully saturated rings. The highest BCUT2D eigenvalue weighted by Gasteiger charge is 2.22. The smallest absolute Gasteiger partial charge is 0.264 e. The second-order valence-electron chi connectivity index (χ2n) is 7.28. The van der Waals surface area contributed by atoms with E-state index in [1.54, 1.807) is 26.8 Å². The van der Waals surface area contributed by atoms with Crippen LogP contribution >= 0.6 is 0 Å². The van der Waals surface area contributed by atoms with Crippen LogP contribution in [-0.4, -0.2) is 33.8 Å². The Bertz CT molecular complexity index is 1440. The van der Waals surface area contributed by atoms with E-state index >= 15 is 0 Å². The lowest BCUT2D eigenvalue weighted by Crippen LogP contribution is -2.29. The average Bonchev–Trinajstić information content (AvgIpc) is 3.19. The van der Waals surface area contributed by atoms with E-state index in [1.165, 1.54) is 42.5 Å². The van der Waals surface area contributed by atoms with Gasteiger partial charge in [-0.2, -0.15) is 0 Å². The summed E-state index contributed by atoms with van der Waals surface area (Å²) in [4.78, 5) is 22.9. The van der Waals surface area contributed by atoms with E-state index < -0.39 is 31.9 Å². The molecule has 0 radical (unpaired) electrons. The SMILES string of the molecule is CCC(=O)NS(=O)(=O)c1ccc(-c2c(-c3cccc(S(=O)(=O)NC(=O)CC)c3)noc2C)cc1. The molecule has 0 aliphatic rings. The molecule has 3 aromatic rings. The summed E-state index contributed by atoms with van der Waals surface area (Å²) in [5.74, 6) is -0.822. The number of rotatable bonds is 8. The summed E-state index contributed by atoms with van der Waals surface area (Å²) in [6.45, 7) is 4.75. The molecule has 2 N–H and O–H groups in total. The van der Waals surface area contributed by atoms with Gasteiger partial charge in [0, 0.05) is 18.4 Å². The predicted molar refractivity (Wildman–Crippen MR) is 123 cm³/mol. The van der Waals surface area contributed by atoms with Crippen LogP contribution in [0.4, 0.5) is 0 Å². The van der Waals surface area contributed by atoms with Crippen LogP contribution in [-0.2, 0) is 29.6 Å². The van der Waals surface area contributed by atoms with E-state index in [0.717, 1.165) is 0 Å². The number of benzene rings is 2. The van der Waals surface area contributed by atoms with Crippen molar-refractivity contribution >= 4 is 31.9 Å². The topological polar surface area (TPSA) is 153 Å². The Kier molecular flexibility index (Phi) is 7.22. The summed E-state index contributed by atoms with van der Waals surface area (Å²) in [7, 11) is -8.07. The van der Waals surface area contributed by atoms with Crippen molar-refractivity contribution in [3.63, 3.8) is 0 Å². The van der Waals surface area contributed by atoms with Crippen LogP contribution in [0.3, 0.4) is 0 Å². The fraction of sp³-hybridized carbons (Fsp3) is 0.227. The minimum absolute atomic E-state index is 0.0133. The first-order valence-electron chi connectivity index (χ1n) is 10.3. The van der Waals surface area contributed by atoms with E-state index in [0.29, 0.717) is 28.1 Å². The minimum atomic E-state index is -4.07. The van der Waals surface area contributed by atoms with Crippen molar-refractivity contribution in [2.24, 2.45) is 0 Å². The van der Waals surface area contributed by atoms with Crippen LogP contribution in [0.2, 0.25) is 0 Å². The van der Waals surface area contributed by atoms with Gasteiger partial charge in [-0.1, -0.05) is 43.3 Å². The lowest BCUT2D eigenvalue weighted by molar-refractivity contribution is -0.119. The zero-order valence-electron chi connectivity index (χ0n) is 18.7. The molecule has 10 nitrogen and oxygen atoms in total. The molecule has 0 aliphatic heterocycles. The van der Waals surface area contributed by atoms with Gasteiger partial charge in [0.15, 0.2) is 0 Å². The second kappa shape index (κ2) is 9.77. The van der Waals surface area contributed by atoms with E-state index in [4.69, 9.17) is 4.52 Å². The van der Waals surface area contributed by atoms with Crippen LogP contribution in [0.1, 0.15) is 32.4 Å². The standard InChI is InChI=1S/C22H23N3O7S2/c1-4-19(26)24-33(28,29)17-11-9-15(10-12-17)21-14(3)32-23-22(21)16-7-6-8-18(13-16)34(30,31)25-20(27)5-2/h6-13H,4-5H2,1-3H3,(H,24,26)(H,25,27). The molecule has 3 rings (SSSR count). The number of carbonyl (C=O) groups excluding carboxylic acids is 2. The molecular formula is C22H23N3O7S2. The minimum Gasteiger partial charge on any atom is -0.360 e. The maximum atomic E-state index is 12.5. The summed E-state index contributed by atoms with van der Waals surface area (Å²) >= 11 is 0. The van der Waals surface area contributed by atoms with Crippen molar-refractivity contribution in [2.75, 3.05) is 0 Å². The van der Waals surface area contributed by atoms with Gasteiger partial charge in [-0.3, -0.25) is 9.59 Å². The Morgan fingerprint density at radius 3 is 1.94 bits per heavy atom. The number of aromatic nitrogens is 1. The number of hydrogen-bond donors (Lipinski definition) is 2. The van der Waals surface area contributed by atoms with Crippen molar-refractivity contribution < 1.29 is 30.9 Å². The van der Waals surface area contributed by atoms with E-state index in [9.17, 15) is 26.4 Å². The fourth-order valence-corrected chi connectivity index (χ4v) is 5.24. The van der Waals surface area contributed by atoms with Crippen molar-refractivity contribution in [1.29, 1.82) is 0 Å². The highest BCUT2D eigenvalue weighted by atomic mass is 32.2. The maximum absolute atomic E-state index is 12.5. The first-order valence-corrected chi connectivity index (χ1v) is 13.2. The molecule has 0 saturated heterocycles. The van der Waals surface area contributed by atoms with Gasteiger partial charge in [-0.15, -0.1) is 0 Å². The number of nitrogens with zero attached hydrogens (tertiary/aromatic N) is 1. The van der Waals surface area contributed by atoms with Crippen molar-refractivity contribution in [3.8, 4) is 22.4 Å². The van der Waals surface area contributed by atoms with Gasteiger partial charge in [0.05, 0.1) is 15.4 Å². The molecule has 0 aliphatic carbocycles. The highest BCUT2D eigenvalue weighted by Crippen LogP contribution is 2.35. The van der Waals surface area contributed by atoms with Gasteiger partial charge in [-0.25, -0.2) is 26.3 Å². The number of carbonyl (C=O) groups is 2. The van der Waals surface area contributed by atoms with E-state index in [-0.39, 0.29) is 22.6 Å². The average molecular weight is 506 g/mol. The summed E-state index contributed by atoms with van der Waals surface area (Å²) in [5, 5.41) is 4.05. The normalized spacial score (nSPS) is 11.7. The summed E-state index contributed by atoms with van der Waals surface area (Å²) in [6.07, 6.45) is 0.0385. The lowest BCUT2D eigenvalue weighted by atomic mass is 10.00. The quantitative estimate of drug-likeness (QED) is 0.474. The van der Waals surface area contributed by atoms with Gasteiger partial charge < -0.3 is 4.52 Å². The Morgan fingerprint density at radius 1 is 0.824 bits per heavy atom. The molecule has 1 heterocycles. The largest absolute Gasteiger partial charge is 0.360 e. The van der Waals surface area contributed by atoms with Crippen molar-refractivity contribution in [3.05, 3.63) is 54.3 Å². The van der Waals surface area contributed by atoms with Gasteiger partial charge >= 0.3 is 0 Å². The third-order valence-corrected chi connectivity index (χ3v) is 7.63. The number of amides is 2. The highest BCUT2D eigenvalue weighted by molar-refractivity contribution is 7.90. The molecule has 0 atom stereocenters. The molecule has 2 amide bonds. The number of nitrogens with one attached hydrogen (secondary N) is 2. The molecule has 34 heavy (non-hydrogen) atoms. The van der Waals surface area contributed by atoms with Crippen molar-refractivity contribution in [2.45, 2.75) is 43.4 Å². The summed E-state index contributed by atoms with van der Waals surface area (Å²) < 4.78 is 59.0. The molecule has 0 spiro atoms. The van der Waals surface area contributed by atoms with Crippen LogP contribution in [0.15, 0.2) is 62.8 Å². The molecule has 0 bridgehead atoms. The first-order chi connectivity index (χ1) is 16.0. The Hall–Kier alpha value is -3.51. The van der Waals surface area contributed by atoms with Gasteiger partial charge in [0.25, 0.3) is 20.0 Å². The van der Waals surface area contributed by atoms with Crippen LogP contribution < -0.4 is 9.44 Å². The number of hydrogen-bond acceptors (Lipinski definition) is 8. The summed E-state index contributed by atoms with van der Waals surface area (Å²) in [6, 6.07) is 11.6. The molecule has 12 heteroatoms. The van der Waals surface area contributed by atoms with Crippen molar-refractivity contribution in [1.82, 2.24) is 14.6 Å². The zero-order valence-corrected chi connectivity index (χ0v) is 20.3. The van der Waals surface area contributed by atoms with Crippen LogP contribution in [0, 0.1) is 6.92 Å². The molecule has 0 saturated carbocycles. The Morgan fingerprint density at radius 2 is 1.38 bits per heavy atom. The Balaban J connectivity index is 2.00. The van der Waals surface area contributed by atoms with Crippen LogP contribution in [0.5, 0.6) is 0 Å². The maximum Gasteiger partial charge on any atom is 0.264 e. The first kappa shape index (κ1) is 25.1. The molecule has 0 unspecified atom stereocenters. The molecular weight excluding hydrogens is 482 g/mol. The second-order valence-corrected chi connectivity index (χ2v) is 10.6. The molecule has 180 valence electrons.